The van der Waals surface area contributed by atoms with Gasteiger partial charge in [0.05, 0.1) is 23.6 Å². The molecule has 0 atom stereocenters. The third-order valence-electron chi connectivity index (χ3n) is 4.66. The Morgan fingerprint density at radius 1 is 1.36 bits per heavy atom. The zero-order valence-corrected chi connectivity index (χ0v) is 15.7. The summed E-state index contributed by atoms with van der Waals surface area (Å²) < 4.78 is 6.01. The van der Waals surface area contributed by atoms with Gasteiger partial charge in [-0.1, -0.05) is 0 Å². The maximum Gasteiger partial charge on any atom is 0.282 e. The smallest absolute Gasteiger partial charge is 0.282 e. The zero-order chi connectivity index (χ0) is 19.8. The monoisotopic (exact) mass is 399 g/mol. The fourth-order valence-electron chi connectivity index (χ4n) is 3.32. The Morgan fingerprint density at radius 2 is 2.14 bits per heavy atom. The van der Waals surface area contributed by atoms with E-state index in [-0.39, 0.29) is 16.9 Å². The number of thiophene rings is 1. The molecule has 0 saturated heterocycles. The summed E-state index contributed by atoms with van der Waals surface area (Å²) in [5.41, 5.74) is 0.431. The fraction of sp³-hybridized carbons (Fsp3) is 0.278. The predicted molar refractivity (Wildman–Crippen MR) is 103 cm³/mol. The second-order valence-corrected chi connectivity index (χ2v) is 7.44. The highest BCUT2D eigenvalue weighted by molar-refractivity contribution is 7.18. The number of nitrogens with zero attached hydrogens (tertiary/aromatic N) is 4. The molecule has 1 aliphatic carbocycles. The highest BCUT2D eigenvalue weighted by Gasteiger charge is 2.20. The number of nitro benzene ring substituents is 1. The van der Waals surface area contributed by atoms with Gasteiger partial charge in [-0.25, -0.2) is 4.98 Å². The van der Waals surface area contributed by atoms with Gasteiger partial charge in [0.25, 0.3) is 11.2 Å². The molecule has 0 radical (unpaired) electrons. The third-order valence-corrected chi connectivity index (χ3v) is 5.86. The Balaban J connectivity index is 1.77. The van der Waals surface area contributed by atoms with Crippen molar-refractivity contribution in [3.63, 3.8) is 0 Å². The number of ether oxygens (including phenoxy) is 1. The summed E-state index contributed by atoms with van der Waals surface area (Å²) >= 11 is 1.55. The average Bonchev–Trinajstić information content (AvgIpc) is 3.07. The molecule has 0 N–H and O–H groups in total. The lowest BCUT2D eigenvalue weighted by Crippen LogP contribution is -2.18. The minimum Gasteiger partial charge on any atom is -0.865 e. The average molecular weight is 399 g/mol. The zero-order valence-electron chi connectivity index (χ0n) is 14.9. The molecule has 0 aliphatic heterocycles. The normalized spacial score (nSPS) is 13.8. The highest BCUT2D eigenvalue weighted by Crippen LogP contribution is 2.34. The minimum atomic E-state index is -0.810. The molecule has 0 spiro atoms. The van der Waals surface area contributed by atoms with Crippen LogP contribution in [0.1, 0.15) is 28.8 Å². The van der Waals surface area contributed by atoms with Gasteiger partial charge in [-0.2, -0.15) is 9.78 Å². The number of nitro groups is 1. The number of benzene rings is 1. The van der Waals surface area contributed by atoms with Crippen molar-refractivity contribution in [2.45, 2.75) is 25.7 Å². The van der Waals surface area contributed by atoms with Gasteiger partial charge in [0.1, 0.15) is 16.9 Å². The summed E-state index contributed by atoms with van der Waals surface area (Å²) in [6.45, 7) is 0. The van der Waals surface area contributed by atoms with E-state index in [2.05, 4.69) is 10.1 Å². The molecule has 28 heavy (non-hydrogen) atoms. The van der Waals surface area contributed by atoms with E-state index < -0.39 is 16.4 Å². The van der Waals surface area contributed by atoms with Crippen LogP contribution >= 0.6 is 11.3 Å². The van der Waals surface area contributed by atoms with Crippen LogP contribution in [0.15, 0.2) is 28.4 Å². The van der Waals surface area contributed by atoms with Gasteiger partial charge in [0.15, 0.2) is 0 Å². The SMILES string of the molecule is COc1cc(/C=N\n2cnc3sc4c(c3c2=O)CCCC4)cc([N+](=O)[O-])c1[O-]. The molecular formula is C18H15N4O5S-. The Kier molecular flexibility index (Phi) is 4.55. The maximum absolute atomic E-state index is 12.9. The van der Waals surface area contributed by atoms with Crippen LogP contribution in [0.5, 0.6) is 11.5 Å². The quantitative estimate of drug-likeness (QED) is 0.376. The number of methoxy groups -OCH3 is 1. The van der Waals surface area contributed by atoms with E-state index in [1.807, 2.05) is 0 Å². The van der Waals surface area contributed by atoms with Gasteiger partial charge < -0.3 is 9.84 Å². The van der Waals surface area contributed by atoms with Gasteiger partial charge in [-0.3, -0.25) is 14.9 Å². The first kappa shape index (κ1) is 18.1. The predicted octanol–water partition coefficient (Wildman–Crippen LogP) is 2.21. The summed E-state index contributed by atoms with van der Waals surface area (Å²) in [6, 6.07) is 2.43. The second-order valence-electron chi connectivity index (χ2n) is 6.36. The molecule has 2 aromatic heterocycles. The summed E-state index contributed by atoms with van der Waals surface area (Å²) in [5.74, 6) is -0.974. The Morgan fingerprint density at radius 3 is 2.89 bits per heavy atom. The molecule has 0 fully saturated rings. The van der Waals surface area contributed by atoms with E-state index >= 15 is 0 Å². The van der Waals surface area contributed by atoms with Crippen molar-refractivity contribution >= 4 is 33.5 Å². The Hall–Kier alpha value is -3.27. The van der Waals surface area contributed by atoms with Crippen LogP contribution in [0.4, 0.5) is 5.69 Å². The number of fused-ring (bicyclic) bond motifs is 3. The Bertz CT molecular complexity index is 1180. The fourth-order valence-corrected chi connectivity index (χ4v) is 4.54. The molecule has 10 heteroatoms. The van der Waals surface area contributed by atoms with Gasteiger partial charge >= 0.3 is 0 Å². The van der Waals surface area contributed by atoms with Crippen molar-refractivity contribution in [1.29, 1.82) is 0 Å². The standard InChI is InChI=1S/C18H16N4O5S/c1-27-13-7-10(6-12(16(13)23)22(25)26)8-20-21-9-19-17-15(18(21)24)11-4-2-3-5-14(11)28-17/h6-9,23H,2-5H2,1H3/p-1/b20-8-. The molecule has 1 aliphatic rings. The minimum absolute atomic E-state index is 0.163. The van der Waals surface area contributed by atoms with Crippen LogP contribution in [-0.2, 0) is 12.8 Å². The molecule has 144 valence electrons. The summed E-state index contributed by atoms with van der Waals surface area (Å²) in [5, 5.41) is 27.7. The number of hydrogen-bond donors (Lipinski definition) is 0. The lowest BCUT2D eigenvalue weighted by molar-refractivity contribution is -0.398. The molecular weight excluding hydrogens is 384 g/mol. The number of hydrogen-bond acceptors (Lipinski definition) is 8. The van der Waals surface area contributed by atoms with Crippen molar-refractivity contribution in [2.75, 3.05) is 7.11 Å². The van der Waals surface area contributed by atoms with E-state index in [1.165, 1.54) is 30.6 Å². The Labute approximate surface area is 162 Å². The van der Waals surface area contributed by atoms with E-state index in [0.29, 0.717) is 10.2 Å². The maximum atomic E-state index is 12.9. The van der Waals surface area contributed by atoms with Crippen molar-refractivity contribution in [2.24, 2.45) is 5.10 Å². The van der Waals surface area contributed by atoms with Crippen LogP contribution in [0, 0.1) is 10.1 Å². The summed E-state index contributed by atoms with van der Waals surface area (Å²) in [6.07, 6.45) is 6.57. The van der Waals surface area contributed by atoms with Crippen molar-refractivity contribution in [3.05, 3.63) is 54.9 Å². The molecule has 0 unspecified atom stereocenters. The first-order chi connectivity index (χ1) is 13.5. The van der Waals surface area contributed by atoms with E-state index in [1.54, 1.807) is 11.3 Å². The molecule has 0 amide bonds. The van der Waals surface area contributed by atoms with Crippen LogP contribution < -0.4 is 15.4 Å². The number of aromatic nitrogens is 2. The van der Waals surface area contributed by atoms with Crippen LogP contribution in [0.25, 0.3) is 10.2 Å². The van der Waals surface area contributed by atoms with E-state index in [9.17, 15) is 20.0 Å². The van der Waals surface area contributed by atoms with Crippen LogP contribution in [0.3, 0.4) is 0 Å². The largest absolute Gasteiger partial charge is 0.865 e. The number of aryl methyl sites for hydroxylation is 2. The van der Waals surface area contributed by atoms with Crippen molar-refractivity contribution in [3.8, 4) is 11.5 Å². The summed E-state index contributed by atoms with van der Waals surface area (Å²) in [4.78, 5) is 29.4. The molecule has 0 bridgehead atoms. The molecule has 3 aromatic rings. The van der Waals surface area contributed by atoms with Gasteiger partial charge in [-0.15, -0.1) is 11.3 Å². The number of rotatable bonds is 4. The first-order valence-corrected chi connectivity index (χ1v) is 9.41. The van der Waals surface area contributed by atoms with Crippen molar-refractivity contribution < 1.29 is 14.8 Å². The molecule has 2 heterocycles. The lowest BCUT2D eigenvalue weighted by Gasteiger charge is -2.13. The highest BCUT2D eigenvalue weighted by atomic mass is 32.1. The second kappa shape index (κ2) is 7.04. The molecule has 9 nitrogen and oxygen atoms in total. The third kappa shape index (κ3) is 3.01. The van der Waals surface area contributed by atoms with E-state index in [0.717, 1.165) is 42.0 Å². The first-order valence-electron chi connectivity index (χ1n) is 8.59. The lowest BCUT2D eigenvalue weighted by atomic mass is 9.97. The van der Waals surface area contributed by atoms with E-state index in [4.69, 9.17) is 4.74 Å². The van der Waals surface area contributed by atoms with Crippen LogP contribution in [-0.4, -0.2) is 27.9 Å². The van der Waals surface area contributed by atoms with Gasteiger partial charge in [-0.05, 0) is 37.3 Å². The van der Waals surface area contributed by atoms with Gasteiger partial charge in [0.2, 0.25) is 0 Å². The van der Waals surface area contributed by atoms with Crippen LogP contribution in [0.2, 0.25) is 0 Å². The van der Waals surface area contributed by atoms with Gasteiger partial charge in [0, 0.05) is 22.3 Å². The molecule has 1 aromatic carbocycles. The summed E-state index contributed by atoms with van der Waals surface area (Å²) in [7, 11) is 1.25. The molecule has 0 saturated carbocycles. The topological polar surface area (TPSA) is 123 Å². The van der Waals surface area contributed by atoms with Crippen molar-refractivity contribution in [1.82, 2.24) is 9.66 Å². The molecule has 4 rings (SSSR count).